The van der Waals surface area contributed by atoms with Crippen LogP contribution in [0.25, 0.3) is 10.8 Å². The molecular formula is C22H23N5O2. The minimum absolute atomic E-state index is 0.0139. The molecule has 3 aromatic rings. The van der Waals surface area contributed by atoms with Crippen LogP contribution in [0, 0.1) is 0 Å². The third kappa shape index (κ3) is 3.16. The molecule has 1 atom stereocenters. The highest BCUT2D eigenvalue weighted by atomic mass is 16.5. The Bertz CT molecular complexity index is 1090. The molecule has 148 valence electrons. The monoisotopic (exact) mass is 389 g/mol. The standard InChI is InChI=1S/C22H23N5O2/c1-14-19(21(28)29-16-10-3-2-4-11-16)20(27-22(23-14)24-25-26-27)18-13-7-9-15-8-5-6-12-17(15)18/h5-9,12-13,16,20H,2-4,10-11H2,1H3,(H,23,24,26). The molecule has 0 saturated heterocycles. The first kappa shape index (κ1) is 17.8. The van der Waals surface area contributed by atoms with E-state index in [1.807, 2.05) is 31.2 Å². The van der Waals surface area contributed by atoms with Gasteiger partial charge in [-0.3, -0.25) is 0 Å². The average molecular weight is 389 g/mol. The van der Waals surface area contributed by atoms with E-state index in [9.17, 15) is 4.79 Å². The van der Waals surface area contributed by atoms with Crippen LogP contribution in [0.5, 0.6) is 0 Å². The first-order chi connectivity index (χ1) is 14.2. The number of tetrazole rings is 1. The third-order valence-corrected chi connectivity index (χ3v) is 5.88. The zero-order valence-electron chi connectivity index (χ0n) is 16.3. The molecule has 2 aliphatic rings. The summed E-state index contributed by atoms with van der Waals surface area (Å²) < 4.78 is 7.61. The largest absolute Gasteiger partial charge is 0.459 e. The summed E-state index contributed by atoms with van der Waals surface area (Å²) in [7, 11) is 0. The van der Waals surface area contributed by atoms with Crippen LogP contribution in [0.4, 0.5) is 5.95 Å². The molecule has 1 aliphatic heterocycles. The predicted octanol–water partition coefficient (Wildman–Crippen LogP) is 3.99. The molecule has 2 heterocycles. The van der Waals surface area contributed by atoms with Crippen molar-refractivity contribution >= 4 is 22.7 Å². The molecule has 0 amide bonds. The SMILES string of the molecule is CC1=C(C(=O)OC2CCCCC2)C(c2cccc3ccccc23)n2nnnc2N1. The molecule has 7 nitrogen and oxygen atoms in total. The number of hydrogen-bond donors (Lipinski definition) is 1. The van der Waals surface area contributed by atoms with Crippen molar-refractivity contribution in [3.63, 3.8) is 0 Å². The van der Waals surface area contributed by atoms with Crippen LogP contribution in [0.3, 0.4) is 0 Å². The van der Waals surface area contributed by atoms with Gasteiger partial charge in [0, 0.05) is 5.70 Å². The van der Waals surface area contributed by atoms with Crippen LogP contribution in [0.2, 0.25) is 0 Å². The maximum absolute atomic E-state index is 13.3. The van der Waals surface area contributed by atoms with Crippen LogP contribution in [-0.4, -0.2) is 32.3 Å². The fourth-order valence-corrected chi connectivity index (χ4v) is 4.45. The molecular weight excluding hydrogens is 366 g/mol. The lowest BCUT2D eigenvalue weighted by molar-refractivity contribution is -0.146. The smallest absolute Gasteiger partial charge is 0.338 e. The van der Waals surface area contributed by atoms with Gasteiger partial charge < -0.3 is 10.1 Å². The number of fused-ring (bicyclic) bond motifs is 2. The van der Waals surface area contributed by atoms with Crippen LogP contribution in [0.15, 0.2) is 53.7 Å². The summed E-state index contributed by atoms with van der Waals surface area (Å²) in [5.74, 6) is 0.232. The van der Waals surface area contributed by atoms with Crippen molar-refractivity contribution < 1.29 is 9.53 Å². The topological polar surface area (TPSA) is 81.9 Å². The van der Waals surface area contributed by atoms with E-state index < -0.39 is 6.04 Å². The highest BCUT2D eigenvalue weighted by molar-refractivity contribution is 5.95. The van der Waals surface area contributed by atoms with Crippen LogP contribution < -0.4 is 5.32 Å². The molecule has 1 fully saturated rings. The summed E-state index contributed by atoms with van der Waals surface area (Å²) in [6.45, 7) is 1.88. The van der Waals surface area contributed by atoms with E-state index in [0.29, 0.717) is 11.5 Å². The number of anilines is 1. The van der Waals surface area contributed by atoms with Crippen LogP contribution in [0.1, 0.15) is 50.6 Å². The minimum Gasteiger partial charge on any atom is -0.459 e. The second kappa shape index (κ2) is 7.31. The van der Waals surface area contributed by atoms with Gasteiger partial charge in [0.25, 0.3) is 0 Å². The van der Waals surface area contributed by atoms with Gasteiger partial charge in [-0.25, -0.2) is 4.79 Å². The molecule has 1 unspecified atom stereocenters. The Morgan fingerprint density at radius 1 is 1.10 bits per heavy atom. The van der Waals surface area contributed by atoms with Gasteiger partial charge in [-0.05, 0) is 59.4 Å². The normalized spacial score (nSPS) is 19.7. The Balaban J connectivity index is 1.61. The lowest BCUT2D eigenvalue weighted by Gasteiger charge is -2.30. The Hall–Kier alpha value is -3.22. The summed E-state index contributed by atoms with van der Waals surface area (Å²) in [5.41, 5.74) is 2.27. The van der Waals surface area contributed by atoms with Gasteiger partial charge in [-0.15, -0.1) is 0 Å². The van der Waals surface area contributed by atoms with E-state index in [2.05, 4.69) is 39.0 Å². The number of benzene rings is 2. The molecule has 0 spiro atoms. The predicted molar refractivity (Wildman–Crippen MR) is 109 cm³/mol. The Labute approximate surface area is 168 Å². The number of nitrogens with one attached hydrogen (secondary N) is 1. The van der Waals surface area contributed by atoms with Crippen molar-refractivity contribution in [3.8, 4) is 0 Å². The summed E-state index contributed by atoms with van der Waals surface area (Å²) >= 11 is 0. The molecule has 5 rings (SSSR count). The first-order valence-electron chi connectivity index (χ1n) is 10.2. The van der Waals surface area contributed by atoms with E-state index in [1.54, 1.807) is 4.68 Å². The molecule has 1 aromatic heterocycles. The van der Waals surface area contributed by atoms with Gasteiger partial charge in [0.15, 0.2) is 0 Å². The molecule has 0 bridgehead atoms. The van der Waals surface area contributed by atoms with Crippen molar-refractivity contribution in [2.75, 3.05) is 5.32 Å². The third-order valence-electron chi connectivity index (χ3n) is 5.88. The fraction of sp³-hybridized carbons (Fsp3) is 0.364. The molecule has 29 heavy (non-hydrogen) atoms. The summed E-state index contributed by atoms with van der Waals surface area (Å²) in [5, 5.41) is 17.4. The molecule has 7 heteroatoms. The lowest BCUT2D eigenvalue weighted by Crippen LogP contribution is -2.32. The van der Waals surface area contributed by atoms with Gasteiger partial charge in [0.2, 0.25) is 5.95 Å². The molecule has 2 aromatic carbocycles. The Morgan fingerprint density at radius 2 is 1.90 bits per heavy atom. The highest BCUT2D eigenvalue weighted by Crippen LogP contribution is 2.38. The van der Waals surface area contributed by atoms with Crippen molar-refractivity contribution in [1.29, 1.82) is 0 Å². The van der Waals surface area contributed by atoms with E-state index in [4.69, 9.17) is 4.74 Å². The van der Waals surface area contributed by atoms with Gasteiger partial charge in [-0.2, -0.15) is 4.68 Å². The number of esters is 1. The van der Waals surface area contributed by atoms with Crippen LogP contribution in [-0.2, 0) is 9.53 Å². The number of allylic oxidation sites excluding steroid dienone is 1. The zero-order valence-corrected chi connectivity index (χ0v) is 16.3. The van der Waals surface area contributed by atoms with E-state index in [1.165, 1.54) is 6.42 Å². The van der Waals surface area contributed by atoms with Gasteiger partial charge in [0.1, 0.15) is 12.1 Å². The number of rotatable bonds is 3. The van der Waals surface area contributed by atoms with E-state index in [-0.39, 0.29) is 12.1 Å². The molecule has 1 aliphatic carbocycles. The van der Waals surface area contributed by atoms with Crippen molar-refractivity contribution in [1.82, 2.24) is 20.2 Å². The molecule has 0 radical (unpaired) electrons. The van der Waals surface area contributed by atoms with Crippen LogP contribution >= 0.6 is 0 Å². The summed E-state index contributed by atoms with van der Waals surface area (Å²) in [4.78, 5) is 13.3. The summed E-state index contributed by atoms with van der Waals surface area (Å²) in [6.07, 6.45) is 5.28. The average Bonchev–Trinajstić information content (AvgIpc) is 3.21. The number of carbonyl (C=O) groups excluding carboxylic acids is 1. The Kier molecular flexibility index (Phi) is 4.50. The molecule has 1 saturated carbocycles. The molecule has 1 N–H and O–H groups in total. The van der Waals surface area contributed by atoms with E-state index in [0.717, 1.165) is 47.7 Å². The number of carbonyl (C=O) groups is 1. The zero-order chi connectivity index (χ0) is 19.8. The van der Waals surface area contributed by atoms with Crippen molar-refractivity contribution in [3.05, 3.63) is 59.3 Å². The second-order valence-electron chi connectivity index (χ2n) is 7.75. The van der Waals surface area contributed by atoms with Crippen molar-refractivity contribution in [2.24, 2.45) is 0 Å². The number of hydrogen-bond acceptors (Lipinski definition) is 6. The maximum Gasteiger partial charge on any atom is 0.338 e. The number of ether oxygens (including phenoxy) is 1. The lowest BCUT2D eigenvalue weighted by atomic mass is 9.91. The maximum atomic E-state index is 13.3. The fourth-order valence-electron chi connectivity index (χ4n) is 4.45. The van der Waals surface area contributed by atoms with Gasteiger partial charge in [-0.1, -0.05) is 54.0 Å². The van der Waals surface area contributed by atoms with Gasteiger partial charge in [0.05, 0.1) is 5.57 Å². The highest BCUT2D eigenvalue weighted by Gasteiger charge is 2.36. The second-order valence-corrected chi connectivity index (χ2v) is 7.75. The first-order valence-corrected chi connectivity index (χ1v) is 10.2. The van der Waals surface area contributed by atoms with Gasteiger partial charge >= 0.3 is 5.97 Å². The quantitative estimate of drug-likeness (QED) is 0.682. The number of aromatic nitrogens is 4. The minimum atomic E-state index is -0.441. The summed E-state index contributed by atoms with van der Waals surface area (Å²) in [6, 6.07) is 13.8. The Morgan fingerprint density at radius 3 is 2.76 bits per heavy atom. The number of nitrogens with zero attached hydrogens (tertiary/aromatic N) is 4. The van der Waals surface area contributed by atoms with Crippen molar-refractivity contribution in [2.45, 2.75) is 51.2 Å². The van der Waals surface area contributed by atoms with E-state index >= 15 is 0 Å².